The van der Waals surface area contributed by atoms with Gasteiger partial charge in [0.2, 0.25) is 11.8 Å². The molecule has 1 N–H and O–H groups in total. The van der Waals surface area contributed by atoms with Gasteiger partial charge in [-0.3, -0.25) is 14.4 Å². The van der Waals surface area contributed by atoms with E-state index in [1.807, 2.05) is 26.8 Å². The minimum Gasteiger partial charge on any atom is -0.461 e. The van der Waals surface area contributed by atoms with Gasteiger partial charge in [-0.25, -0.2) is 0 Å². The van der Waals surface area contributed by atoms with Crippen LogP contribution in [0.5, 0.6) is 0 Å². The molecule has 0 aromatic rings. The van der Waals surface area contributed by atoms with Gasteiger partial charge < -0.3 is 24.4 Å². The van der Waals surface area contributed by atoms with E-state index in [2.05, 4.69) is 0 Å². The fourth-order valence-electron chi connectivity index (χ4n) is 5.05. The van der Waals surface area contributed by atoms with E-state index in [0.717, 1.165) is 0 Å². The third-order valence-electron chi connectivity index (χ3n) is 6.28. The Morgan fingerprint density at radius 3 is 2.66 bits per heavy atom. The first kappa shape index (κ1) is 20.1. The number of hydrogen-bond donors (Lipinski definition) is 1. The van der Waals surface area contributed by atoms with Gasteiger partial charge in [-0.1, -0.05) is 18.2 Å². The monoisotopic (exact) mass is 404 g/mol. The van der Waals surface area contributed by atoms with Gasteiger partial charge in [0.15, 0.2) is 0 Å². The fraction of sp³-hybridized carbons (Fsp3) is 0.667. The lowest BCUT2D eigenvalue weighted by atomic mass is 9.78. The summed E-state index contributed by atoms with van der Waals surface area (Å²) >= 11 is 0. The molecule has 4 heterocycles. The maximum Gasteiger partial charge on any atom is 0.313 e. The van der Waals surface area contributed by atoms with Crippen LogP contribution >= 0.6 is 0 Å². The molecular formula is C21H28N2O6. The molecule has 0 radical (unpaired) electrons. The molecule has 4 rings (SSSR count). The number of fused-ring (bicyclic) bond motifs is 2. The average Bonchev–Trinajstić information content (AvgIpc) is 2.93. The van der Waals surface area contributed by atoms with Gasteiger partial charge in [-0.15, -0.1) is 0 Å². The van der Waals surface area contributed by atoms with Crippen LogP contribution in [-0.4, -0.2) is 82.3 Å². The van der Waals surface area contributed by atoms with Crippen molar-refractivity contribution in [3.05, 3.63) is 24.3 Å². The SMILES string of the molecule is CC(C)(C)N1CC=C[C@]23O[C@@H]4C=CCOC(=O)[C@@H]4[C@H]2C(=O)N(CCCO)C3C1=O. The highest BCUT2D eigenvalue weighted by Gasteiger charge is 2.72. The molecule has 2 fully saturated rings. The smallest absolute Gasteiger partial charge is 0.313 e. The standard InChI is InChI=1S/C21H28N2O6/c1-20(2,3)23-10-5-8-21-15(14-13(29-21)7-4-12-28-19(14)27)17(25)22(9-6-11-24)16(21)18(23)26/h4-5,7-8,13-16,24H,6,9-12H2,1-3H3/t13-,14+,15+,16?,21+/m1/s1. The number of carbonyl (C=O) groups excluding carboxylic acids is 3. The second-order valence-electron chi connectivity index (χ2n) is 9.03. The van der Waals surface area contributed by atoms with Crippen LogP contribution in [0.2, 0.25) is 0 Å². The lowest BCUT2D eigenvalue weighted by molar-refractivity contribution is -0.154. The average molecular weight is 404 g/mol. The van der Waals surface area contributed by atoms with Crippen LogP contribution in [0.4, 0.5) is 0 Å². The van der Waals surface area contributed by atoms with Crippen molar-refractivity contribution in [1.29, 1.82) is 0 Å². The van der Waals surface area contributed by atoms with E-state index in [1.165, 1.54) is 4.90 Å². The first-order valence-electron chi connectivity index (χ1n) is 10.1. The number of likely N-dealkylation sites (tertiary alicyclic amines) is 1. The Kier molecular flexibility index (Phi) is 4.82. The van der Waals surface area contributed by atoms with Gasteiger partial charge in [0.25, 0.3) is 0 Å². The lowest BCUT2D eigenvalue weighted by Gasteiger charge is -2.40. The van der Waals surface area contributed by atoms with Gasteiger partial charge in [0.1, 0.15) is 24.2 Å². The van der Waals surface area contributed by atoms with Gasteiger partial charge in [0.05, 0.1) is 12.0 Å². The molecule has 0 aromatic carbocycles. The van der Waals surface area contributed by atoms with Crippen LogP contribution in [0.3, 0.4) is 0 Å². The molecule has 5 atom stereocenters. The van der Waals surface area contributed by atoms with E-state index in [0.29, 0.717) is 13.0 Å². The van der Waals surface area contributed by atoms with Gasteiger partial charge >= 0.3 is 5.97 Å². The molecule has 4 aliphatic heterocycles. The summed E-state index contributed by atoms with van der Waals surface area (Å²) in [6.07, 6.45) is 6.87. The number of nitrogens with zero attached hydrogens (tertiary/aromatic N) is 2. The predicted molar refractivity (Wildman–Crippen MR) is 102 cm³/mol. The maximum atomic E-state index is 13.7. The van der Waals surface area contributed by atoms with Crippen LogP contribution in [0, 0.1) is 11.8 Å². The fourth-order valence-corrected chi connectivity index (χ4v) is 5.05. The molecule has 29 heavy (non-hydrogen) atoms. The first-order chi connectivity index (χ1) is 13.7. The van der Waals surface area contributed by atoms with Crippen LogP contribution in [-0.2, 0) is 23.9 Å². The molecule has 2 saturated heterocycles. The first-order valence-corrected chi connectivity index (χ1v) is 10.1. The number of cyclic esters (lactones) is 1. The Labute approximate surface area is 170 Å². The Morgan fingerprint density at radius 1 is 1.21 bits per heavy atom. The van der Waals surface area contributed by atoms with Crippen LogP contribution in [0.15, 0.2) is 24.3 Å². The van der Waals surface area contributed by atoms with E-state index in [9.17, 15) is 19.5 Å². The molecule has 1 unspecified atom stereocenters. The highest BCUT2D eigenvalue weighted by Crippen LogP contribution is 2.53. The van der Waals surface area contributed by atoms with Gasteiger partial charge in [-0.05, 0) is 33.3 Å². The Bertz CT molecular complexity index is 785. The van der Waals surface area contributed by atoms with E-state index in [4.69, 9.17) is 9.47 Å². The molecule has 0 saturated carbocycles. The number of carbonyl (C=O) groups is 3. The number of amides is 2. The minimum atomic E-state index is -1.22. The van der Waals surface area contributed by atoms with Crippen LogP contribution in [0.25, 0.3) is 0 Å². The third-order valence-corrected chi connectivity index (χ3v) is 6.28. The van der Waals surface area contributed by atoms with Crippen molar-refractivity contribution in [2.45, 2.75) is 50.5 Å². The zero-order valence-corrected chi connectivity index (χ0v) is 17.0. The second-order valence-corrected chi connectivity index (χ2v) is 9.03. The molecule has 4 aliphatic rings. The van der Waals surface area contributed by atoms with Crippen molar-refractivity contribution >= 4 is 17.8 Å². The molecule has 0 aliphatic carbocycles. The Hall–Kier alpha value is -2.19. The summed E-state index contributed by atoms with van der Waals surface area (Å²) in [6.45, 7) is 6.51. The number of aliphatic hydroxyl groups excluding tert-OH is 1. The zero-order chi connectivity index (χ0) is 21.0. The van der Waals surface area contributed by atoms with Crippen LogP contribution in [0.1, 0.15) is 27.2 Å². The molecule has 0 aromatic heterocycles. The lowest BCUT2D eigenvalue weighted by Crippen LogP contribution is -2.58. The maximum absolute atomic E-state index is 13.7. The summed E-state index contributed by atoms with van der Waals surface area (Å²) in [7, 11) is 0. The van der Waals surface area contributed by atoms with Crippen molar-refractivity contribution in [2.24, 2.45) is 11.8 Å². The van der Waals surface area contributed by atoms with Crippen molar-refractivity contribution in [3.8, 4) is 0 Å². The Morgan fingerprint density at radius 2 is 1.97 bits per heavy atom. The summed E-state index contributed by atoms with van der Waals surface area (Å²) in [6, 6.07) is -0.877. The normalized spacial score (nSPS) is 36.5. The van der Waals surface area contributed by atoms with E-state index in [1.54, 1.807) is 23.1 Å². The summed E-state index contributed by atoms with van der Waals surface area (Å²) in [5.74, 6) is -2.59. The molecular weight excluding hydrogens is 376 g/mol. The minimum absolute atomic E-state index is 0.0983. The van der Waals surface area contributed by atoms with Crippen molar-refractivity contribution in [1.82, 2.24) is 9.80 Å². The summed E-state index contributed by atoms with van der Waals surface area (Å²) in [5.41, 5.74) is -1.67. The van der Waals surface area contributed by atoms with Crippen LogP contribution < -0.4 is 0 Å². The summed E-state index contributed by atoms with van der Waals surface area (Å²) in [4.78, 5) is 43.1. The molecule has 8 nitrogen and oxygen atoms in total. The second kappa shape index (κ2) is 6.95. The number of ether oxygens (including phenoxy) is 2. The third kappa shape index (κ3) is 2.92. The molecule has 0 bridgehead atoms. The highest BCUT2D eigenvalue weighted by atomic mass is 16.6. The number of esters is 1. The summed E-state index contributed by atoms with van der Waals surface area (Å²) in [5, 5.41) is 9.32. The van der Waals surface area contributed by atoms with E-state index in [-0.39, 0.29) is 31.6 Å². The zero-order valence-electron chi connectivity index (χ0n) is 17.0. The highest BCUT2D eigenvalue weighted by molar-refractivity contribution is 5.99. The van der Waals surface area contributed by atoms with Crippen molar-refractivity contribution in [2.75, 3.05) is 26.3 Å². The molecule has 1 spiro atoms. The number of rotatable bonds is 3. The van der Waals surface area contributed by atoms with Gasteiger partial charge in [-0.2, -0.15) is 0 Å². The van der Waals surface area contributed by atoms with E-state index >= 15 is 0 Å². The number of aliphatic hydroxyl groups is 1. The van der Waals surface area contributed by atoms with Crippen molar-refractivity contribution < 1.29 is 29.0 Å². The van der Waals surface area contributed by atoms with Crippen molar-refractivity contribution in [3.63, 3.8) is 0 Å². The molecule has 158 valence electrons. The summed E-state index contributed by atoms with van der Waals surface area (Å²) < 4.78 is 11.6. The topological polar surface area (TPSA) is 96.4 Å². The predicted octanol–water partition coefficient (Wildman–Crippen LogP) is 0.260. The van der Waals surface area contributed by atoms with E-state index < -0.39 is 41.1 Å². The molecule has 2 amide bonds. The molecule has 8 heteroatoms. The number of hydrogen-bond acceptors (Lipinski definition) is 6. The largest absolute Gasteiger partial charge is 0.461 e. The quantitative estimate of drug-likeness (QED) is 0.535. The van der Waals surface area contributed by atoms with Gasteiger partial charge in [0, 0.05) is 25.2 Å². The Balaban J connectivity index is 1.83.